The minimum atomic E-state index is 0.500. The average Bonchev–Trinajstić information content (AvgIpc) is 1.27. The molecule has 0 aromatic heterocycles. The Kier molecular flexibility index (Phi) is 2.12. The van der Waals surface area contributed by atoms with Crippen LogP contribution in [0, 0.1) is 5.41 Å². The van der Waals surface area contributed by atoms with Crippen molar-refractivity contribution in [2.24, 2.45) is 5.73 Å². The molecule has 0 fully saturated rings. The third-order valence-corrected chi connectivity index (χ3v) is 0.444. The summed E-state index contributed by atoms with van der Waals surface area (Å²) >= 11 is 0. The van der Waals surface area contributed by atoms with Crippen LogP contribution in [0.1, 0.15) is 13.8 Å². The Hall–Kier alpha value is -0.790. The number of nitrogens with two attached hydrogens (primary N) is 1. The fraction of sp³-hybridized carbons (Fsp3) is 0.400. The maximum atomic E-state index is 6.87. The van der Waals surface area contributed by atoms with E-state index in [4.69, 9.17) is 11.1 Å². The molecular weight excluding hydrogens is 88.1 g/mol. The minimum absolute atomic E-state index is 0.500. The molecule has 0 saturated carbocycles. The highest BCUT2D eigenvalue weighted by molar-refractivity contribution is 5.90. The zero-order valence-electron chi connectivity index (χ0n) is 4.65. The fourth-order valence-corrected chi connectivity index (χ4v) is 0.342. The van der Waals surface area contributed by atoms with Crippen molar-refractivity contribution in [3.63, 3.8) is 0 Å². The lowest BCUT2D eigenvalue weighted by Crippen LogP contribution is -1.93. The molecule has 2 heteroatoms. The fourth-order valence-electron chi connectivity index (χ4n) is 0.342. The zero-order valence-corrected chi connectivity index (χ0v) is 4.65. The number of rotatable bonds is 1. The van der Waals surface area contributed by atoms with Crippen LogP contribution in [0.4, 0.5) is 0 Å². The topological polar surface area (TPSA) is 49.9 Å². The quantitative estimate of drug-likeness (QED) is 0.470. The Balaban J connectivity index is 3.68. The molecule has 2 nitrogen and oxygen atoms in total. The Bertz CT molecular complexity index is 98.6. The van der Waals surface area contributed by atoms with Crippen LogP contribution in [0.3, 0.4) is 0 Å². The van der Waals surface area contributed by atoms with Crippen molar-refractivity contribution in [3.8, 4) is 0 Å². The van der Waals surface area contributed by atoms with E-state index in [9.17, 15) is 0 Å². The summed E-state index contributed by atoms with van der Waals surface area (Å²) in [6.45, 7) is 3.45. The van der Waals surface area contributed by atoms with Crippen LogP contribution in [-0.4, -0.2) is 5.71 Å². The van der Waals surface area contributed by atoms with Crippen molar-refractivity contribution in [1.82, 2.24) is 0 Å². The first kappa shape index (κ1) is 6.21. The smallest absolute Gasteiger partial charge is 0.0299 e. The molecule has 7 heavy (non-hydrogen) atoms. The van der Waals surface area contributed by atoms with Gasteiger partial charge in [-0.3, -0.25) is 0 Å². The molecular formula is C5H10N2. The summed E-state index contributed by atoms with van der Waals surface area (Å²) in [5.41, 5.74) is 6.40. The second-order valence-corrected chi connectivity index (χ2v) is 1.57. The van der Waals surface area contributed by atoms with E-state index in [0.29, 0.717) is 11.4 Å². The van der Waals surface area contributed by atoms with Crippen LogP contribution in [0.5, 0.6) is 0 Å². The first-order valence-corrected chi connectivity index (χ1v) is 2.12. The molecule has 0 aromatic carbocycles. The molecule has 0 rings (SSSR count). The average molecular weight is 98.1 g/mol. The minimum Gasteiger partial charge on any atom is -0.402 e. The number of nitrogens with one attached hydrogen (secondary N) is 1. The summed E-state index contributed by atoms with van der Waals surface area (Å²) < 4.78 is 0. The lowest BCUT2D eigenvalue weighted by atomic mass is 10.3. The molecule has 0 heterocycles. The second kappa shape index (κ2) is 2.39. The Morgan fingerprint density at radius 3 is 2.00 bits per heavy atom. The van der Waals surface area contributed by atoms with E-state index >= 15 is 0 Å². The normalized spacial score (nSPS) is 11.4. The summed E-state index contributed by atoms with van der Waals surface area (Å²) in [5, 5.41) is 6.87. The Morgan fingerprint density at radius 2 is 2.00 bits per heavy atom. The van der Waals surface area contributed by atoms with Crippen molar-refractivity contribution in [2.75, 3.05) is 0 Å². The molecule has 0 unspecified atom stereocenters. The first-order chi connectivity index (χ1) is 3.13. The molecule has 0 aliphatic carbocycles. The number of hydrogen-bond donors (Lipinski definition) is 2. The largest absolute Gasteiger partial charge is 0.402 e. The van der Waals surface area contributed by atoms with Crippen LogP contribution in [-0.2, 0) is 0 Å². The molecule has 0 spiro atoms. The van der Waals surface area contributed by atoms with Crippen molar-refractivity contribution in [1.29, 1.82) is 5.41 Å². The van der Waals surface area contributed by atoms with Gasteiger partial charge in [-0.05, 0) is 19.9 Å². The van der Waals surface area contributed by atoms with Crippen LogP contribution in [0.15, 0.2) is 11.8 Å². The molecule has 3 N–H and O–H groups in total. The van der Waals surface area contributed by atoms with Gasteiger partial charge in [0, 0.05) is 11.4 Å². The van der Waals surface area contributed by atoms with Crippen molar-refractivity contribution in [3.05, 3.63) is 11.8 Å². The van der Waals surface area contributed by atoms with E-state index in [1.54, 1.807) is 19.9 Å². The SMILES string of the molecule is CC(=N)C=C(C)N. The van der Waals surface area contributed by atoms with Gasteiger partial charge in [0.05, 0.1) is 0 Å². The lowest BCUT2D eigenvalue weighted by molar-refractivity contribution is 1.31. The van der Waals surface area contributed by atoms with Gasteiger partial charge in [0.25, 0.3) is 0 Å². The molecule has 0 bridgehead atoms. The molecule has 0 radical (unpaired) electrons. The number of allylic oxidation sites excluding steroid dienone is 2. The van der Waals surface area contributed by atoms with Gasteiger partial charge in [0.2, 0.25) is 0 Å². The molecule has 0 aliphatic heterocycles. The van der Waals surface area contributed by atoms with E-state index in [1.165, 1.54) is 0 Å². The lowest BCUT2D eigenvalue weighted by Gasteiger charge is -1.84. The third kappa shape index (κ3) is 5.21. The van der Waals surface area contributed by atoms with Gasteiger partial charge in [-0.25, -0.2) is 0 Å². The number of hydrogen-bond acceptors (Lipinski definition) is 2. The van der Waals surface area contributed by atoms with E-state index in [0.717, 1.165) is 0 Å². The van der Waals surface area contributed by atoms with E-state index < -0.39 is 0 Å². The van der Waals surface area contributed by atoms with Gasteiger partial charge >= 0.3 is 0 Å². The molecule has 0 amide bonds. The van der Waals surface area contributed by atoms with Gasteiger partial charge < -0.3 is 11.1 Å². The summed E-state index contributed by atoms with van der Waals surface area (Å²) in [5.74, 6) is 0. The van der Waals surface area contributed by atoms with Crippen LogP contribution in [0.2, 0.25) is 0 Å². The van der Waals surface area contributed by atoms with E-state index in [-0.39, 0.29) is 0 Å². The summed E-state index contributed by atoms with van der Waals surface area (Å²) in [6, 6.07) is 0. The van der Waals surface area contributed by atoms with Gasteiger partial charge in [0.1, 0.15) is 0 Å². The van der Waals surface area contributed by atoms with Crippen LogP contribution < -0.4 is 5.73 Å². The Labute approximate surface area is 43.5 Å². The zero-order chi connectivity index (χ0) is 5.86. The van der Waals surface area contributed by atoms with Gasteiger partial charge in [-0.1, -0.05) is 0 Å². The predicted octanol–water partition coefficient (Wildman–Crippen LogP) is 0.889. The summed E-state index contributed by atoms with van der Waals surface area (Å²) in [7, 11) is 0. The Morgan fingerprint density at radius 1 is 1.57 bits per heavy atom. The van der Waals surface area contributed by atoms with E-state index in [2.05, 4.69) is 0 Å². The molecule has 0 aliphatic rings. The molecule has 40 valence electrons. The maximum Gasteiger partial charge on any atom is 0.0299 e. The molecule has 0 aromatic rings. The monoisotopic (exact) mass is 98.1 g/mol. The third-order valence-electron chi connectivity index (χ3n) is 0.444. The summed E-state index contributed by atoms with van der Waals surface area (Å²) in [6.07, 6.45) is 1.61. The standard InChI is InChI=1S/C5H10N2/c1-4(6)3-5(2)7/h3,6H,7H2,1-2H3. The highest BCUT2D eigenvalue weighted by Crippen LogP contribution is 1.78. The maximum absolute atomic E-state index is 6.87. The molecule has 0 atom stereocenters. The second-order valence-electron chi connectivity index (χ2n) is 1.57. The summed E-state index contributed by atoms with van der Waals surface area (Å²) in [4.78, 5) is 0. The van der Waals surface area contributed by atoms with Crippen molar-refractivity contribution < 1.29 is 0 Å². The highest BCUT2D eigenvalue weighted by atomic mass is 14.5. The van der Waals surface area contributed by atoms with E-state index in [1.807, 2.05) is 0 Å². The van der Waals surface area contributed by atoms with Gasteiger partial charge in [-0.15, -0.1) is 0 Å². The van der Waals surface area contributed by atoms with Gasteiger partial charge in [0.15, 0.2) is 0 Å². The van der Waals surface area contributed by atoms with Crippen molar-refractivity contribution in [2.45, 2.75) is 13.8 Å². The predicted molar refractivity (Wildman–Crippen MR) is 31.3 cm³/mol. The van der Waals surface area contributed by atoms with Crippen LogP contribution in [0.25, 0.3) is 0 Å². The van der Waals surface area contributed by atoms with Gasteiger partial charge in [-0.2, -0.15) is 0 Å². The molecule has 0 saturated heterocycles. The van der Waals surface area contributed by atoms with Crippen molar-refractivity contribution >= 4 is 5.71 Å². The first-order valence-electron chi connectivity index (χ1n) is 2.12. The van der Waals surface area contributed by atoms with Crippen LogP contribution >= 0.6 is 0 Å². The highest BCUT2D eigenvalue weighted by Gasteiger charge is 1.76.